The van der Waals surface area contributed by atoms with Gasteiger partial charge in [0.1, 0.15) is 35.5 Å². The van der Waals surface area contributed by atoms with Crippen molar-refractivity contribution < 1.29 is 45.8 Å². The Hall–Kier alpha value is -3.68. The number of benzene rings is 2. The van der Waals surface area contributed by atoms with Gasteiger partial charge >= 0.3 is 6.16 Å². The molecule has 0 saturated carbocycles. The largest absolute Gasteiger partial charge is 0.508 e. The molecule has 3 aromatic rings. The van der Waals surface area contributed by atoms with E-state index < -0.39 is 45.7 Å². The molecule has 1 aliphatic rings. The lowest BCUT2D eigenvalue weighted by atomic mass is 10.0. The second kappa shape index (κ2) is 13.0. The van der Waals surface area contributed by atoms with Crippen molar-refractivity contribution in [1.29, 1.82) is 0 Å². The lowest BCUT2D eigenvalue weighted by molar-refractivity contribution is -0.0738. The fourth-order valence-electron chi connectivity index (χ4n) is 5.01. The first-order valence-corrected chi connectivity index (χ1v) is 16.4. The van der Waals surface area contributed by atoms with Crippen molar-refractivity contribution in [3.05, 3.63) is 53.3 Å². The number of anilines is 1. The molecule has 0 fully saturated rings. The van der Waals surface area contributed by atoms with Gasteiger partial charge in [-0.25, -0.2) is 17.6 Å². The number of sulfonamides is 1. The maximum Gasteiger partial charge on any atom is 0.508 e. The Bertz CT molecular complexity index is 1660. The van der Waals surface area contributed by atoms with Gasteiger partial charge < -0.3 is 28.7 Å². The van der Waals surface area contributed by atoms with Crippen LogP contribution >= 0.6 is 0 Å². The second-order valence-electron chi connectivity index (χ2n) is 12.6. The topological polar surface area (TPSA) is 134 Å². The van der Waals surface area contributed by atoms with Gasteiger partial charge in [-0.15, -0.1) is 0 Å². The zero-order chi connectivity index (χ0) is 33.3. The second-order valence-corrected chi connectivity index (χ2v) is 14.5. The van der Waals surface area contributed by atoms with Gasteiger partial charge in [0.15, 0.2) is 0 Å². The highest BCUT2D eigenvalue weighted by Gasteiger charge is 2.35. The van der Waals surface area contributed by atoms with Crippen molar-refractivity contribution in [3.63, 3.8) is 0 Å². The highest BCUT2D eigenvalue weighted by atomic mass is 32.2. The Kier molecular flexibility index (Phi) is 9.86. The lowest BCUT2D eigenvalue weighted by Gasteiger charge is -2.28. The standard InChI is InChI=1S/C32H41FN2O9S/c1-19-23-15-24-26(43-28(27(24)29(36)34-7)20-9-11-21(33)12-10-20)16-25(23)35(45(8,38)39)17-22(42-19)18-40-30(37)44-32(5,6)13-14-41-31(2,3)4/h9-12,15-16,19,22H,13-14,17-18H2,1-8H3,(H,34,36)/t19-,22-/m0/s1. The number of carbonyl (C=O) groups excluding carboxylic acids is 2. The summed E-state index contributed by atoms with van der Waals surface area (Å²) in [4.78, 5) is 25.6. The predicted octanol–water partition coefficient (Wildman–Crippen LogP) is 5.96. The molecule has 0 saturated heterocycles. The molecule has 2 atom stereocenters. The number of carbonyl (C=O) groups is 2. The van der Waals surface area contributed by atoms with Crippen LogP contribution in [0.15, 0.2) is 40.8 Å². The maximum absolute atomic E-state index is 13.6. The third kappa shape index (κ3) is 8.33. The van der Waals surface area contributed by atoms with Crippen LogP contribution in [0, 0.1) is 5.82 Å². The average Bonchev–Trinajstić information content (AvgIpc) is 3.23. The van der Waals surface area contributed by atoms with Crippen LogP contribution in [-0.2, 0) is 29.0 Å². The molecule has 0 bridgehead atoms. The highest BCUT2D eigenvalue weighted by Crippen LogP contribution is 2.42. The maximum atomic E-state index is 13.6. The first kappa shape index (κ1) is 34.2. The zero-order valence-electron chi connectivity index (χ0n) is 26.9. The monoisotopic (exact) mass is 648 g/mol. The fraction of sp³-hybridized carbons (Fsp3) is 0.500. The van der Waals surface area contributed by atoms with Gasteiger partial charge in [0.25, 0.3) is 5.91 Å². The summed E-state index contributed by atoms with van der Waals surface area (Å²) in [5.74, 6) is -0.673. The van der Waals surface area contributed by atoms with E-state index in [-0.39, 0.29) is 35.7 Å². The molecule has 1 N–H and O–H groups in total. The van der Waals surface area contributed by atoms with Gasteiger partial charge in [-0.3, -0.25) is 9.10 Å². The molecule has 13 heteroatoms. The number of nitrogens with one attached hydrogen (secondary N) is 1. The van der Waals surface area contributed by atoms with Crippen LogP contribution in [0.3, 0.4) is 0 Å². The number of rotatable bonds is 9. The van der Waals surface area contributed by atoms with Crippen molar-refractivity contribution in [1.82, 2.24) is 5.32 Å². The molecule has 0 aliphatic carbocycles. The minimum atomic E-state index is -3.85. The number of hydrogen-bond acceptors (Lipinski definition) is 9. The van der Waals surface area contributed by atoms with Crippen LogP contribution in [0.2, 0.25) is 0 Å². The average molecular weight is 649 g/mol. The van der Waals surface area contributed by atoms with E-state index in [0.717, 1.165) is 10.6 Å². The van der Waals surface area contributed by atoms with Crippen molar-refractivity contribution in [2.24, 2.45) is 0 Å². The minimum Gasteiger partial charge on any atom is -0.455 e. The molecule has 0 spiro atoms. The van der Waals surface area contributed by atoms with Crippen molar-refractivity contribution >= 4 is 38.7 Å². The quantitative estimate of drug-likeness (QED) is 0.279. The van der Waals surface area contributed by atoms with Gasteiger partial charge in [0, 0.05) is 36.0 Å². The molecular weight excluding hydrogens is 607 g/mol. The molecule has 4 rings (SSSR count). The van der Waals surface area contributed by atoms with Crippen molar-refractivity contribution in [3.8, 4) is 11.3 Å². The number of ether oxygens (including phenoxy) is 4. The van der Waals surface area contributed by atoms with E-state index in [0.29, 0.717) is 35.2 Å². The van der Waals surface area contributed by atoms with Gasteiger partial charge in [-0.05, 0) is 71.9 Å². The van der Waals surface area contributed by atoms with E-state index in [1.807, 2.05) is 20.8 Å². The Balaban J connectivity index is 1.61. The summed E-state index contributed by atoms with van der Waals surface area (Å²) in [5, 5.41) is 3.03. The van der Waals surface area contributed by atoms with Crippen molar-refractivity contribution in [2.75, 3.05) is 37.4 Å². The molecule has 1 aromatic heterocycles. The minimum absolute atomic E-state index is 0.161. The normalized spacial score (nSPS) is 17.5. The van der Waals surface area contributed by atoms with Crippen molar-refractivity contribution in [2.45, 2.75) is 71.4 Å². The van der Waals surface area contributed by atoms with Gasteiger partial charge in [0.2, 0.25) is 10.0 Å². The van der Waals surface area contributed by atoms with Crippen LogP contribution < -0.4 is 9.62 Å². The van der Waals surface area contributed by atoms with Crippen LogP contribution in [0.1, 0.15) is 70.0 Å². The molecular formula is C32H41FN2O9S. The number of nitrogens with zero attached hydrogens (tertiary/aromatic N) is 1. The number of fused-ring (bicyclic) bond motifs is 2. The summed E-state index contributed by atoms with van der Waals surface area (Å²) in [7, 11) is -2.37. The SMILES string of the molecule is CNC(=O)c1c(-c2ccc(F)cc2)oc2cc3c(cc12)[C@H](C)O[C@H](COC(=O)OC(C)(C)CCOC(C)(C)C)CN3S(C)(=O)=O. The number of halogens is 1. The summed E-state index contributed by atoms with van der Waals surface area (Å²) in [5.41, 5.74) is 0.522. The third-order valence-corrected chi connectivity index (χ3v) is 8.40. The first-order chi connectivity index (χ1) is 20.9. The van der Waals surface area contributed by atoms with Crippen LogP contribution in [0.4, 0.5) is 14.9 Å². The fourth-order valence-corrected chi connectivity index (χ4v) is 5.96. The van der Waals surface area contributed by atoms with Crippen LogP contribution in [0.5, 0.6) is 0 Å². The summed E-state index contributed by atoms with van der Waals surface area (Å²) in [6, 6.07) is 8.71. The zero-order valence-corrected chi connectivity index (χ0v) is 27.7. The Morgan fingerprint density at radius 2 is 1.78 bits per heavy atom. The molecule has 0 radical (unpaired) electrons. The Labute approximate surface area is 263 Å². The number of amides is 1. The van der Waals surface area contributed by atoms with E-state index >= 15 is 0 Å². The van der Waals surface area contributed by atoms with E-state index in [1.54, 1.807) is 32.9 Å². The smallest absolute Gasteiger partial charge is 0.455 e. The lowest BCUT2D eigenvalue weighted by Crippen LogP contribution is -2.39. The van der Waals surface area contributed by atoms with Gasteiger partial charge in [-0.1, -0.05) is 0 Å². The van der Waals surface area contributed by atoms with Crippen LogP contribution in [-0.4, -0.2) is 70.8 Å². The molecule has 1 amide bonds. The van der Waals surface area contributed by atoms with E-state index in [9.17, 15) is 22.4 Å². The molecule has 2 heterocycles. The molecule has 11 nitrogen and oxygen atoms in total. The van der Waals surface area contributed by atoms with E-state index in [2.05, 4.69) is 5.32 Å². The van der Waals surface area contributed by atoms with E-state index in [1.165, 1.54) is 31.3 Å². The molecule has 1 aliphatic heterocycles. The summed E-state index contributed by atoms with van der Waals surface area (Å²) < 4.78 is 69.8. The number of hydrogen-bond donors (Lipinski definition) is 1. The predicted molar refractivity (Wildman–Crippen MR) is 167 cm³/mol. The Morgan fingerprint density at radius 1 is 1.11 bits per heavy atom. The highest BCUT2D eigenvalue weighted by molar-refractivity contribution is 7.92. The Morgan fingerprint density at radius 3 is 2.38 bits per heavy atom. The van der Waals surface area contributed by atoms with Gasteiger partial charge in [-0.2, -0.15) is 0 Å². The van der Waals surface area contributed by atoms with E-state index in [4.69, 9.17) is 23.4 Å². The summed E-state index contributed by atoms with van der Waals surface area (Å²) in [6.07, 6.45) is -0.932. The third-order valence-electron chi connectivity index (χ3n) is 7.26. The van der Waals surface area contributed by atoms with Gasteiger partial charge in [0.05, 0.1) is 42.4 Å². The molecule has 0 unspecified atom stereocenters. The first-order valence-electron chi connectivity index (χ1n) is 14.6. The van der Waals surface area contributed by atoms with Crippen LogP contribution in [0.25, 0.3) is 22.3 Å². The molecule has 2 aromatic carbocycles. The number of furan rings is 1. The summed E-state index contributed by atoms with van der Waals surface area (Å²) >= 11 is 0. The summed E-state index contributed by atoms with van der Waals surface area (Å²) in [6.45, 7) is 11.0. The molecule has 45 heavy (non-hydrogen) atoms. The molecule has 246 valence electrons.